The number of pyridine rings is 1. The van der Waals surface area contributed by atoms with Crippen LogP contribution in [-0.4, -0.2) is 27.7 Å². The third-order valence-electron chi connectivity index (χ3n) is 4.70. The molecule has 5 heteroatoms. The Bertz CT molecular complexity index is 920. The fourth-order valence-electron chi connectivity index (χ4n) is 3.42. The number of nitrogens with zero attached hydrogens (tertiary/aromatic N) is 2. The van der Waals surface area contributed by atoms with Crippen LogP contribution in [0.5, 0.6) is 0 Å². The molecule has 3 aromatic rings. The van der Waals surface area contributed by atoms with Crippen molar-refractivity contribution in [1.29, 1.82) is 0 Å². The van der Waals surface area contributed by atoms with Gasteiger partial charge in [-0.05, 0) is 38.0 Å². The van der Waals surface area contributed by atoms with Crippen molar-refractivity contribution in [2.75, 3.05) is 13.2 Å². The summed E-state index contributed by atoms with van der Waals surface area (Å²) in [6.07, 6.45) is 4.05. The molecule has 1 aliphatic rings. The molecule has 24 heavy (non-hydrogen) atoms. The summed E-state index contributed by atoms with van der Waals surface area (Å²) in [5.41, 5.74) is 3.70. The first-order chi connectivity index (χ1) is 11.7. The molecule has 1 fully saturated rings. The molecule has 0 bridgehead atoms. The van der Waals surface area contributed by atoms with Crippen LogP contribution in [0.2, 0.25) is 0 Å². The van der Waals surface area contributed by atoms with Crippen LogP contribution in [0.4, 0.5) is 0 Å². The highest BCUT2D eigenvalue weighted by molar-refractivity contribution is 5.80. The van der Waals surface area contributed by atoms with Gasteiger partial charge in [0.15, 0.2) is 0 Å². The number of rotatable bonds is 3. The molecule has 124 valence electrons. The number of hydrogen-bond acceptors (Lipinski definition) is 3. The third-order valence-corrected chi connectivity index (χ3v) is 4.70. The second-order valence-corrected chi connectivity index (χ2v) is 6.52. The molecule has 0 saturated carbocycles. The summed E-state index contributed by atoms with van der Waals surface area (Å²) in [4.78, 5) is 19.3. The molecule has 2 aromatic heterocycles. The first-order valence-electron chi connectivity index (χ1n) is 8.45. The fourth-order valence-corrected chi connectivity index (χ4v) is 3.42. The molecule has 0 aliphatic carbocycles. The van der Waals surface area contributed by atoms with Gasteiger partial charge in [-0.2, -0.15) is 0 Å². The number of ether oxygens (including phenoxy) is 1. The molecule has 1 unspecified atom stereocenters. The Balaban J connectivity index is 1.82. The predicted octanol–water partition coefficient (Wildman–Crippen LogP) is 3.13. The Morgan fingerprint density at radius 3 is 3.04 bits per heavy atom. The molecule has 1 aliphatic heterocycles. The van der Waals surface area contributed by atoms with E-state index in [2.05, 4.69) is 15.6 Å². The maximum Gasteiger partial charge on any atom is 0.250 e. The highest BCUT2D eigenvalue weighted by atomic mass is 16.5. The molecule has 3 heterocycles. The first kappa shape index (κ1) is 15.1. The third kappa shape index (κ3) is 2.76. The summed E-state index contributed by atoms with van der Waals surface area (Å²) >= 11 is 0. The van der Waals surface area contributed by atoms with Gasteiger partial charge in [0.05, 0.1) is 17.6 Å². The Kier molecular flexibility index (Phi) is 3.94. The molecular formula is C19H21N3O2. The van der Waals surface area contributed by atoms with Crippen LogP contribution in [0, 0.1) is 12.8 Å². The van der Waals surface area contributed by atoms with Crippen LogP contribution in [0.15, 0.2) is 41.3 Å². The van der Waals surface area contributed by atoms with E-state index in [0.717, 1.165) is 48.6 Å². The number of aromatic amines is 1. The second kappa shape index (κ2) is 6.24. The van der Waals surface area contributed by atoms with Crippen LogP contribution in [0.25, 0.3) is 22.4 Å². The van der Waals surface area contributed by atoms with Gasteiger partial charge in [0, 0.05) is 36.4 Å². The minimum absolute atomic E-state index is 0.0536. The van der Waals surface area contributed by atoms with Crippen LogP contribution in [0.3, 0.4) is 0 Å². The zero-order valence-corrected chi connectivity index (χ0v) is 13.8. The lowest BCUT2D eigenvalue weighted by atomic mass is 10.0. The Labute approximate surface area is 140 Å². The maximum atomic E-state index is 11.7. The quantitative estimate of drug-likeness (QED) is 0.805. The van der Waals surface area contributed by atoms with Gasteiger partial charge in [0.1, 0.15) is 5.82 Å². The summed E-state index contributed by atoms with van der Waals surface area (Å²) in [5, 5.41) is 0. The van der Waals surface area contributed by atoms with Crippen molar-refractivity contribution >= 4 is 11.0 Å². The first-order valence-corrected chi connectivity index (χ1v) is 8.45. The van der Waals surface area contributed by atoms with Crippen molar-refractivity contribution in [3.05, 3.63) is 52.4 Å². The molecule has 0 spiro atoms. The average molecular weight is 323 g/mol. The summed E-state index contributed by atoms with van der Waals surface area (Å²) in [6, 6.07) is 10.1. The standard InChI is InChI=1S/C19H21N3O2/c1-13-9-15(10-20-19(13)23)18-21-16-6-2-3-7-17(16)22(18)11-14-5-4-8-24-12-14/h2-3,6-7,9-10,14H,4-5,8,11-12H2,1H3,(H,20,23). The van der Waals surface area contributed by atoms with Crippen molar-refractivity contribution in [3.8, 4) is 11.4 Å². The normalized spacial score (nSPS) is 18.1. The number of nitrogens with one attached hydrogen (secondary N) is 1. The zero-order chi connectivity index (χ0) is 16.5. The molecule has 1 saturated heterocycles. The van der Waals surface area contributed by atoms with Crippen LogP contribution in [-0.2, 0) is 11.3 Å². The largest absolute Gasteiger partial charge is 0.381 e. The molecule has 1 N–H and O–H groups in total. The van der Waals surface area contributed by atoms with Gasteiger partial charge in [0.25, 0.3) is 5.56 Å². The Morgan fingerprint density at radius 2 is 2.25 bits per heavy atom. The van der Waals surface area contributed by atoms with Crippen LogP contribution in [0.1, 0.15) is 18.4 Å². The molecule has 0 amide bonds. The van der Waals surface area contributed by atoms with Crippen molar-refractivity contribution in [2.45, 2.75) is 26.3 Å². The van der Waals surface area contributed by atoms with Gasteiger partial charge in [-0.25, -0.2) is 4.98 Å². The molecular weight excluding hydrogens is 302 g/mol. The van der Waals surface area contributed by atoms with E-state index < -0.39 is 0 Å². The summed E-state index contributed by atoms with van der Waals surface area (Å²) in [7, 11) is 0. The summed E-state index contributed by atoms with van der Waals surface area (Å²) < 4.78 is 7.91. The predicted molar refractivity (Wildman–Crippen MR) is 94.1 cm³/mol. The molecule has 0 radical (unpaired) electrons. The number of aryl methyl sites for hydroxylation is 1. The van der Waals surface area contributed by atoms with E-state index >= 15 is 0 Å². The lowest BCUT2D eigenvalue weighted by molar-refractivity contribution is 0.0489. The van der Waals surface area contributed by atoms with Crippen LogP contribution >= 0.6 is 0 Å². The lowest BCUT2D eigenvalue weighted by Crippen LogP contribution is -2.22. The van der Waals surface area contributed by atoms with E-state index in [9.17, 15) is 4.79 Å². The fraction of sp³-hybridized carbons (Fsp3) is 0.368. The Morgan fingerprint density at radius 1 is 1.38 bits per heavy atom. The Hall–Kier alpha value is -2.40. The smallest absolute Gasteiger partial charge is 0.250 e. The van der Waals surface area contributed by atoms with Gasteiger partial charge < -0.3 is 14.3 Å². The minimum Gasteiger partial charge on any atom is -0.381 e. The van der Waals surface area contributed by atoms with E-state index in [1.807, 2.05) is 31.2 Å². The molecule has 1 atom stereocenters. The van der Waals surface area contributed by atoms with E-state index in [4.69, 9.17) is 9.72 Å². The number of hydrogen-bond donors (Lipinski definition) is 1. The van der Waals surface area contributed by atoms with Crippen molar-refractivity contribution < 1.29 is 4.74 Å². The van der Waals surface area contributed by atoms with Gasteiger partial charge in [-0.3, -0.25) is 4.79 Å². The number of fused-ring (bicyclic) bond motifs is 1. The lowest BCUT2D eigenvalue weighted by Gasteiger charge is -2.23. The van der Waals surface area contributed by atoms with Crippen molar-refractivity contribution in [1.82, 2.24) is 14.5 Å². The molecule has 4 rings (SSSR count). The topological polar surface area (TPSA) is 59.9 Å². The van der Waals surface area contributed by atoms with Crippen LogP contribution < -0.4 is 5.56 Å². The highest BCUT2D eigenvalue weighted by Crippen LogP contribution is 2.27. The zero-order valence-electron chi connectivity index (χ0n) is 13.8. The summed E-state index contributed by atoms with van der Waals surface area (Å²) in [5.74, 6) is 1.40. The van der Waals surface area contributed by atoms with Crippen molar-refractivity contribution in [3.63, 3.8) is 0 Å². The highest BCUT2D eigenvalue weighted by Gasteiger charge is 2.19. The van der Waals surface area contributed by atoms with Gasteiger partial charge in [-0.1, -0.05) is 12.1 Å². The van der Waals surface area contributed by atoms with Gasteiger partial charge >= 0.3 is 0 Å². The number of aromatic nitrogens is 3. The van der Waals surface area contributed by atoms with E-state index in [1.54, 1.807) is 6.20 Å². The summed E-state index contributed by atoms with van der Waals surface area (Å²) in [6.45, 7) is 4.38. The minimum atomic E-state index is -0.0536. The van der Waals surface area contributed by atoms with E-state index in [1.165, 1.54) is 6.42 Å². The number of imidazole rings is 1. The monoisotopic (exact) mass is 323 g/mol. The van der Waals surface area contributed by atoms with E-state index in [0.29, 0.717) is 11.5 Å². The number of benzene rings is 1. The van der Waals surface area contributed by atoms with Crippen molar-refractivity contribution in [2.24, 2.45) is 5.92 Å². The number of para-hydroxylation sites is 2. The molecule has 5 nitrogen and oxygen atoms in total. The van der Waals surface area contributed by atoms with Gasteiger partial charge in [0.2, 0.25) is 0 Å². The second-order valence-electron chi connectivity index (χ2n) is 6.52. The van der Waals surface area contributed by atoms with E-state index in [-0.39, 0.29) is 5.56 Å². The number of H-pyrrole nitrogens is 1. The SMILES string of the molecule is Cc1cc(-c2nc3ccccc3n2CC2CCCOC2)c[nH]c1=O. The molecule has 1 aromatic carbocycles. The van der Waals surface area contributed by atoms with Gasteiger partial charge in [-0.15, -0.1) is 0 Å². The maximum absolute atomic E-state index is 11.7. The average Bonchev–Trinajstić information content (AvgIpc) is 2.97.